The highest BCUT2D eigenvalue weighted by Gasteiger charge is 2.11. The zero-order valence-corrected chi connectivity index (χ0v) is 14.5. The molecule has 0 aliphatic carbocycles. The van der Waals surface area contributed by atoms with Gasteiger partial charge in [0.25, 0.3) is 5.78 Å². The van der Waals surface area contributed by atoms with Gasteiger partial charge in [-0.1, -0.05) is 17.8 Å². The topological polar surface area (TPSA) is 101 Å². The van der Waals surface area contributed by atoms with E-state index in [1.807, 2.05) is 26.0 Å². The molecule has 3 aromatic rings. The number of amides is 3. The molecule has 0 aliphatic heterocycles. The third kappa shape index (κ3) is 4.32. The van der Waals surface area contributed by atoms with E-state index in [0.717, 1.165) is 22.9 Å². The van der Waals surface area contributed by atoms with E-state index in [2.05, 4.69) is 25.7 Å². The van der Waals surface area contributed by atoms with Gasteiger partial charge >= 0.3 is 6.03 Å². The Morgan fingerprint density at radius 1 is 1.24 bits per heavy atom. The van der Waals surface area contributed by atoms with Gasteiger partial charge in [-0.3, -0.25) is 10.1 Å². The highest BCUT2D eigenvalue weighted by molar-refractivity contribution is 7.99. The fourth-order valence-corrected chi connectivity index (χ4v) is 2.67. The van der Waals surface area contributed by atoms with Gasteiger partial charge in [0.05, 0.1) is 5.75 Å². The molecule has 25 heavy (non-hydrogen) atoms. The van der Waals surface area contributed by atoms with Crippen molar-refractivity contribution in [3.05, 3.63) is 47.8 Å². The standard InChI is InChI=1S/C16H16N6O2S/c1-10-4-5-12(8-11(10)2)18-15(24)19-13(23)9-25-16-20-14-17-6-3-7-22(14)21-16/h3-8H,9H2,1-2H3,(H2,18,19,23,24). The van der Waals surface area contributed by atoms with Crippen LogP contribution < -0.4 is 10.6 Å². The van der Waals surface area contributed by atoms with Crippen molar-refractivity contribution in [2.24, 2.45) is 0 Å². The molecule has 128 valence electrons. The minimum Gasteiger partial charge on any atom is -0.308 e. The Labute approximate surface area is 148 Å². The van der Waals surface area contributed by atoms with Crippen LogP contribution in [0.4, 0.5) is 10.5 Å². The molecule has 9 heteroatoms. The number of imide groups is 1. The smallest absolute Gasteiger partial charge is 0.308 e. The van der Waals surface area contributed by atoms with E-state index < -0.39 is 11.9 Å². The summed E-state index contributed by atoms with van der Waals surface area (Å²) in [5, 5.41) is 9.51. The summed E-state index contributed by atoms with van der Waals surface area (Å²) in [7, 11) is 0. The van der Waals surface area contributed by atoms with Crippen LogP contribution in [-0.4, -0.2) is 37.3 Å². The zero-order valence-electron chi connectivity index (χ0n) is 13.7. The Hall–Kier alpha value is -2.94. The number of nitrogens with one attached hydrogen (secondary N) is 2. The number of anilines is 1. The van der Waals surface area contributed by atoms with Crippen molar-refractivity contribution in [3.63, 3.8) is 0 Å². The number of urea groups is 1. The first-order chi connectivity index (χ1) is 12.0. The van der Waals surface area contributed by atoms with E-state index in [-0.39, 0.29) is 5.75 Å². The van der Waals surface area contributed by atoms with Crippen molar-refractivity contribution < 1.29 is 9.59 Å². The highest BCUT2D eigenvalue weighted by Crippen LogP contribution is 2.14. The summed E-state index contributed by atoms with van der Waals surface area (Å²) in [5.41, 5.74) is 2.83. The first-order valence-corrected chi connectivity index (χ1v) is 8.48. The molecular weight excluding hydrogens is 340 g/mol. The summed E-state index contributed by atoms with van der Waals surface area (Å²) >= 11 is 1.13. The van der Waals surface area contributed by atoms with Crippen LogP contribution in [0.2, 0.25) is 0 Å². The molecule has 1 aromatic carbocycles. The molecule has 0 radical (unpaired) electrons. The average Bonchev–Trinajstić information content (AvgIpc) is 2.99. The molecule has 0 saturated carbocycles. The number of thioether (sulfide) groups is 1. The average molecular weight is 356 g/mol. The van der Waals surface area contributed by atoms with E-state index in [9.17, 15) is 9.59 Å². The maximum atomic E-state index is 11.9. The molecule has 3 amide bonds. The maximum absolute atomic E-state index is 11.9. The molecule has 2 N–H and O–H groups in total. The van der Waals surface area contributed by atoms with E-state index in [4.69, 9.17) is 0 Å². The first-order valence-electron chi connectivity index (χ1n) is 7.49. The van der Waals surface area contributed by atoms with E-state index in [1.54, 1.807) is 24.5 Å². The monoisotopic (exact) mass is 356 g/mol. The third-order valence-electron chi connectivity index (χ3n) is 3.45. The second-order valence-corrected chi connectivity index (χ2v) is 6.29. The summed E-state index contributed by atoms with van der Waals surface area (Å²) in [6.45, 7) is 3.94. The number of fused-ring (bicyclic) bond motifs is 1. The number of carbonyl (C=O) groups is 2. The third-order valence-corrected chi connectivity index (χ3v) is 4.28. The molecule has 0 fully saturated rings. The fourth-order valence-electron chi connectivity index (χ4n) is 2.05. The Balaban J connectivity index is 1.51. The molecule has 2 heterocycles. The normalized spacial score (nSPS) is 10.6. The largest absolute Gasteiger partial charge is 0.325 e. The molecule has 0 spiro atoms. The Morgan fingerprint density at radius 2 is 2.08 bits per heavy atom. The van der Waals surface area contributed by atoms with Gasteiger partial charge in [-0.05, 0) is 43.2 Å². The van der Waals surface area contributed by atoms with Crippen LogP contribution in [0.3, 0.4) is 0 Å². The molecule has 0 saturated heterocycles. The molecule has 8 nitrogen and oxygen atoms in total. The van der Waals surface area contributed by atoms with Crippen LogP contribution in [-0.2, 0) is 4.79 Å². The Bertz CT molecular complexity index is 906. The Morgan fingerprint density at radius 3 is 2.84 bits per heavy atom. The number of aromatic nitrogens is 4. The van der Waals surface area contributed by atoms with E-state index in [1.165, 1.54) is 4.52 Å². The van der Waals surface area contributed by atoms with Crippen LogP contribution in [0.25, 0.3) is 5.78 Å². The van der Waals surface area contributed by atoms with Crippen LogP contribution >= 0.6 is 11.8 Å². The minimum absolute atomic E-state index is 0.0250. The number of rotatable bonds is 4. The predicted octanol–water partition coefficient (Wildman–Crippen LogP) is 2.18. The second-order valence-electron chi connectivity index (χ2n) is 5.35. The van der Waals surface area contributed by atoms with Crippen LogP contribution in [0, 0.1) is 13.8 Å². The lowest BCUT2D eigenvalue weighted by molar-refractivity contribution is -0.117. The summed E-state index contributed by atoms with van der Waals surface area (Å²) in [5.74, 6) is 0.0491. The van der Waals surface area contributed by atoms with Gasteiger partial charge in [0, 0.05) is 18.1 Å². The lowest BCUT2D eigenvalue weighted by atomic mass is 10.1. The molecular formula is C16H16N6O2S. The summed E-state index contributed by atoms with van der Waals surface area (Å²) in [4.78, 5) is 32.0. The van der Waals surface area contributed by atoms with Crippen molar-refractivity contribution in [3.8, 4) is 0 Å². The summed E-state index contributed by atoms with van der Waals surface area (Å²) < 4.78 is 1.52. The molecule has 0 atom stereocenters. The zero-order chi connectivity index (χ0) is 17.8. The number of benzene rings is 1. The quantitative estimate of drug-likeness (QED) is 0.695. The van der Waals surface area contributed by atoms with Crippen molar-refractivity contribution >= 4 is 35.2 Å². The van der Waals surface area contributed by atoms with Gasteiger partial charge in [-0.25, -0.2) is 14.3 Å². The Kier molecular flexibility index (Phi) is 4.94. The SMILES string of the molecule is Cc1ccc(NC(=O)NC(=O)CSc2nc3ncccn3n2)cc1C. The minimum atomic E-state index is -0.571. The number of nitrogens with zero attached hydrogens (tertiary/aromatic N) is 4. The first kappa shape index (κ1) is 16.9. The second kappa shape index (κ2) is 7.31. The lowest BCUT2D eigenvalue weighted by Crippen LogP contribution is -2.35. The molecule has 0 bridgehead atoms. The van der Waals surface area contributed by atoms with Crippen LogP contribution in [0.5, 0.6) is 0 Å². The number of hydrogen-bond acceptors (Lipinski definition) is 6. The van der Waals surface area contributed by atoms with Crippen molar-refractivity contribution in [2.45, 2.75) is 19.0 Å². The number of hydrogen-bond donors (Lipinski definition) is 2. The van der Waals surface area contributed by atoms with Gasteiger partial charge < -0.3 is 5.32 Å². The van der Waals surface area contributed by atoms with Crippen LogP contribution in [0.1, 0.15) is 11.1 Å². The molecule has 3 rings (SSSR count). The van der Waals surface area contributed by atoms with Crippen LogP contribution in [0.15, 0.2) is 41.8 Å². The summed E-state index contributed by atoms with van der Waals surface area (Å²) in [6, 6.07) is 6.71. The van der Waals surface area contributed by atoms with Gasteiger partial charge in [0.2, 0.25) is 11.1 Å². The van der Waals surface area contributed by atoms with Crippen molar-refractivity contribution in [1.29, 1.82) is 0 Å². The van der Waals surface area contributed by atoms with E-state index >= 15 is 0 Å². The van der Waals surface area contributed by atoms with Gasteiger partial charge in [-0.2, -0.15) is 4.98 Å². The highest BCUT2D eigenvalue weighted by atomic mass is 32.2. The molecule has 0 aliphatic rings. The molecule has 2 aromatic heterocycles. The maximum Gasteiger partial charge on any atom is 0.325 e. The number of aryl methyl sites for hydroxylation is 2. The van der Waals surface area contributed by atoms with Gasteiger partial charge in [0.15, 0.2) is 0 Å². The van der Waals surface area contributed by atoms with E-state index in [0.29, 0.717) is 16.6 Å². The van der Waals surface area contributed by atoms with Crippen molar-refractivity contribution in [2.75, 3.05) is 11.1 Å². The predicted molar refractivity (Wildman–Crippen MR) is 94.6 cm³/mol. The van der Waals surface area contributed by atoms with Gasteiger partial charge in [-0.15, -0.1) is 5.10 Å². The lowest BCUT2D eigenvalue weighted by Gasteiger charge is -2.08. The fraction of sp³-hybridized carbons (Fsp3) is 0.188. The van der Waals surface area contributed by atoms with Crippen molar-refractivity contribution in [1.82, 2.24) is 24.9 Å². The van der Waals surface area contributed by atoms with Gasteiger partial charge in [0.1, 0.15) is 0 Å². The summed E-state index contributed by atoms with van der Waals surface area (Å²) in [6.07, 6.45) is 3.33. The number of carbonyl (C=O) groups excluding carboxylic acids is 2. The molecule has 0 unspecified atom stereocenters.